The van der Waals surface area contributed by atoms with Crippen LogP contribution in [0, 0.1) is 6.92 Å². The molecule has 126 valence electrons. The standard InChI is InChI=1S/C18H18Cl2N2O2/c1-12-3-2-4-17(21-12)24-14-7-9-22(10-8-14)18(23)15-11-13(19)5-6-16(15)20/h2-6,11,14H,7-10H2,1H3. The van der Waals surface area contributed by atoms with E-state index in [1.54, 1.807) is 23.1 Å². The minimum absolute atomic E-state index is 0.0678. The Labute approximate surface area is 151 Å². The number of piperidine rings is 1. The maximum absolute atomic E-state index is 12.6. The van der Waals surface area contributed by atoms with Crippen molar-refractivity contribution >= 4 is 29.1 Å². The molecule has 3 rings (SSSR count). The molecule has 0 N–H and O–H groups in total. The van der Waals surface area contributed by atoms with E-state index in [1.807, 2.05) is 25.1 Å². The van der Waals surface area contributed by atoms with E-state index in [0.717, 1.165) is 18.5 Å². The second kappa shape index (κ2) is 7.41. The maximum atomic E-state index is 12.6. The van der Waals surface area contributed by atoms with Crippen molar-refractivity contribution in [2.24, 2.45) is 0 Å². The third-order valence-electron chi connectivity index (χ3n) is 4.04. The van der Waals surface area contributed by atoms with Gasteiger partial charge in [0.05, 0.1) is 10.6 Å². The van der Waals surface area contributed by atoms with Crippen molar-refractivity contribution in [3.8, 4) is 5.88 Å². The molecule has 0 bridgehead atoms. The Morgan fingerprint density at radius 3 is 2.67 bits per heavy atom. The van der Waals surface area contributed by atoms with Gasteiger partial charge in [-0.15, -0.1) is 0 Å². The normalized spacial score (nSPS) is 15.4. The zero-order chi connectivity index (χ0) is 17.1. The summed E-state index contributed by atoms with van der Waals surface area (Å²) in [4.78, 5) is 18.8. The molecule has 2 aromatic rings. The lowest BCUT2D eigenvalue weighted by Gasteiger charge is -2.32. The first-order valence-electron chi connectivity index (χ1n) is 7.87. The maximum Gasteiger partial charge on any atom is 0.255 e. The molecule has 1 aliphatic rings. The van der Waals surface area contributed by atoms with Crippen LogP contribution in [0.1, 0.15) is 28.9 Å². The number of amides is 1. The van der Waals surface area contributed by atoms with Crippen molar-refractivity contribution < 1.29 is 9.53 Å². The summed E-state index contributed by atoms with van der Waals surface area (Å²) >= 11 is 12.1. The minimum Gasteiger partial charge on any atom is -0.474 e. The van der Waals surface area contributed by atoms with Gasteiger partial charge in [-0.05, 0) is 31.2 Å². The molecule has 0 radical (unpaired) electrons. The monoisotopic (exact) mass is 364 g/mol. The van der Waals surface area contributed by atoms with Crippen molar-refractivity contribution in [1.82, 2.24) is 9.88 Å². The van der Waals surface area contributed by atoms with E-state index in [1.165, 1.54) is 0 Å². The number of hydrogen-bond acceptors (Lipinski definition) is 3. The molecule has 1 fully saturated rings. The average Bonchev–Trinajstić information content (AvgIpc) is 2.57. The van der Waals surface area contributed by atoms with E-state index < -0.39 is 0 Å². The third-order valence-corrected chi connectivity index (χ3v) is 4.60. The Bertz CT molecular complexity index is 744. The van der Waals surface area contributed by atoms with Gasteiger partial charge in [0.15, 0.2) is 0 Å². The molecule has 0 spiro atoms. The molecular weight excluding hydrogens is 347 g/mol. The second-order valence-corrected chi connectivity index (χ2v) is 6.69. The highest BCUT2D eigenvalue weighted by molar-refractivity contribution is 6.35. The van der Waals surface area contributed by atoms with E-state index in [9.17, 15) is 4.79 Å². The summed E-state index contributed by atoms with van der Waals surface area (Å²) in [6, 6.07) is 10.7. The molecule has 0 unspecified atom stereocenters. The van der Waals surface area contributed by atoms with Crippen molar-refractivity contribution in [3.05, 3.63) is 57.7 Å². The first kappa shape index (κ1) is 17.1. The van der Waals surface area contributed by atoms with Gasteiger partial charge in [0, 0.05) is 42.7 Å². The molecule has 6 heteroatoms. The van der Waals surface area contributed by atoms with Crippen molar-refractivity contribution in [1.29, 1.82) is 0 Å². The van der Waals surface area contributed by atoms with Gasteiger partial charge in [-0.1, -0.05) is 29.3 Å². The molecule has 1 saturated heterocycles. The lowest BCUT2D eigenvalue weighted by molar-refractivity contribution is 0.0588. The number of hydrogen-bond donors (Lipinski definition) is 0. The van der Waals surface area contributed by atoms with Crippen LogP contribution >= 0.6 is 23.2 Å². The third kappa shape index (κ3) is 4.00. The molecule has 1 aliphatic heterocycles. The Hall–Kier alpha value is -1.78. The highest BCUT2D eigenvalue weighted by Gasteiger charge is 2.26. The molecule has 0 aliphatic carbocycles. The predicted octanol–water partition coefficient (Wildman–Crippen LogP) is 4.38. The summed E-state index contributed by atoms with van der Waals surface area (Å²) in [6.07, 6.45) is 1.59. The highest BCUT2D eigenvalue weighted by atomic mass is 35.5. The number of carbonyl (C=O) groups is 1. The molecule has 1 aromatic carbocycles. The van der Waals surface area contributed by atoms with Crippen molar-refractivity contribution in [3.63, 3.8) is 0 Å². The van der Waals surface area contributed by atoms with Crippen LogP contribution in [0.15, 0.2) is 36.4 Å². The average molecular weight is 365 g/mol. The van der Waals surface area contributed by atoms with Gasteiger partial charge in [0.25, 0.3) is 5.91 Å². The number of aryl methyl sites for hydroxylation is 1. The fourth-order valence-electron chi connectivity index (χ4n) is 2.76. The molecule has 1 aromatic heterocycles. The smallest absolute Gasteiger partial charge is 0.255 e. The Kier molecular flexibility index (Phi) is 5.27. The van der Waals surface area contributed by atoms with Crippen LogP contribution in [0.2, 0.25) is 10.0 Å². The number of halogens is 2. The van der Waals surface area contributed by atoms with E-state index in [2.05, 4.69) is 4.98 Å². The number of aromatic nitrogens is 1. The van der Waals surface area contributed by atoms with Crippen LogP contribution in [-0.4, -0.2) is 35.0 Å². The largest absolute Gasteiger partial charge is 0.474 e. The van der Waals surface area contributed by atoms with Crippen molar-refractivity contribution in [2.75, 3.05) is 13.1 Å². The van der Waals surface area contributed by atoms with Gasteiger partial charge in [-0.3, -0.25) is 4.79 Å². The number of benzene rings is 1. The zero-order valence-corrected chi connectivity index (χ0v) is 14.8. The van der Waals surface area contributed by atoms with Crippen LogP contribution < -0.4 is 4.74 Å². The SMILES string of the molecule is Cc1cccc(OC2CCN(C(=O)c3cc(Cl)ccc3Cl)CC2)n1. The highest BCUT2D eigenvalue weighted by Crippen LogP contribution is 2.24. The van der Waals surface area contributed by atoms with E-state index in [4.69, 9.17) is 27.9 Å². The Morgan fingerprint density at radius 2 is 1.96 bits per heavy atom. The summed E-state index contributed by atoms with van der Waals surface area (Å²) < 4.78 is 5.92. The second-order valence-electron chi connectivity index (χ2n) is 5.85. The van der Waals surface area contributed by atoms with Crippen LogP contribution in [0.4, 0.5) is 0 Å². The van der Waals surface area contributed by atoms with E-state index in [0.29, 0.717) is 34.6 Å². The van der Waals surface area contributed by atoms with E-state index >= 15 is 0 Å². The van der Waals surface area contributed by atoms with Crippen LogP contribution in [0.5, 0.6) is 5.88 Å². The fourth-order valence-corrected chi connectivity index (χ4v) is 3.13. The van der Waals surface area contributed by atoms with Gasteiger partial charge >= 0.3 is 0 Å². The number of pyridine rings is 1. The minimum atomic E-state index is -0.0883. The molecule has 2 heterocycles. The summed E-state index contributed by atoms with van der Waals surface area (Å²) in [7, 11) is 0. The lowest BCUT2D eigenvalue weighted by Crippen LogP contribution is -2.42. The Morgan fingerprint density at radius 1 is 1.21 bits per heavy atom. The number of rotatable bonds is 3. The summed E-state index contributed by atoms with van der Waals surface area (Å²) in [5, 5.41) is 0.929. The van der Waals surface area contributed by atoms with Gasteiger partial charge < -0.3 is 9.64 Å². The zero-order valence-electron chi connectivity index (χ0n) is 13.3. The van der Waals surface area contributed by atoms with Crippen LogP contribution in [-0.2, 0) is 0 Å². The fraction of sp³-hybridized carbons (Fsp3) is 0.333. The predicted molar refractivity (Wildman–Crippen MR) is 95.0 cm³/mol. The molecule has 24 heavy (non-hydrogen) atoms. The summed E-state index contributed by atoms with van der Waals surface area (Å²) in [6.45, 7) is 3.18. The van der Waals surface area contributed by atoms with Gasteiger partial charge in [0.2, 0.25) is 5.88 Å². The molecule has 0 atom stereocenters. The number of nitrogens with zero attached hydrogens (tertiary/aromatic N) is 2. The summed E-state index contributed by atoms with van der Waals surface area (Å²) in [5.41, 5.74) is 1.37. The lowest BCUT2D eigenvalue weighted by atomic mass is 10.1. The van der Waals surface area contributed by atoms with Crippen LogP contribution in [0.3, 0.4) is 0 Å². The van der Waals surface area contributed by atoms with Gasteiger partial charge in [0.1, 0.15) is 6.10 Å². The first-order chi connectivity index (χ1) is 11.5. The number of ether oxygens (including phenoxy) is 1. The summed E-state index contributed by atoms with van der Waals surface area (Å²) in [5.74, 6) is 0.548. The molecule has 4 nitrogen and oxygen atoms in total. The molecule has 0 saturated carbocycles. The topological polar surface area (TPSA) is 42.4 Å². The van der Waals surface area contributed by atoms with Crippen molar-refractivity contribution in [2.45, 2.75) is 25.9 Å². The molecular formula is C18H18Cl2N2O2. The number of likely N-dealkylation sites (tertiary alicyclic amines) is 1. The Balaban J connectivity index is 1.60. The first-order valence-corrected chi connectivity index (χ1v) is 8.63. The number of carbonyl (C=O) groups excluding carboxylic acids is 1. The molecule has 1 amide bonds. The quantitative estimate of drug-likeness (QED) is 0.811. The van der Waals surface area contributed by atoms with E-state index in [-0.39, 0.29) is 12.0 Å². The van der Waals surface area contributed by atoms with Gasteiger partial charge in [-0.2, -0.15) is 0 Å². The van der Waals surface area contributed by atoms with Crippen LogP contribution in [0.25, 0.3) is 0 Å². The van der Waals surface area contributed by atoms with Gasteiger partial charge in [-0.25, -0.2) is 4.98 Å².